The lowest BCUT2D eigenvalue weighted by Gasteiger charge is -2.31. The van der Waals surface area contributed by atoms with Gasteiger partial charge in [-0.1, -0.05) is 29.3 Å². The summed E-state index contributed by atoms with van der Waals surface area (Å²) in [7, 11) is 0. The third kappa shape index (κ3) is 5.38. The molecule has 0 atom stereocenters. The van der Waals surface area contributed by atoms with E-state index in [0.29, 0.717) is 48.3 Å². The Morgan fingerprint density at radius 1 is 1.16 bits per heavy atom. The summed E-state index contributed by atoms with van der Waals surface area (Å²) in [6.45, 7) is 1.86. The number of halogens is 2. The van der Waals surface area contributed by atoms with Crippen LogP contribution >= 0.6 is 23.2 Å². The van der Waals surface area contributed by atoms with Crippen LogP contribution in [0.25, 0.3) is 6.08 Å². The Balaban J connectivity index is 1.28. The van der Waals surface area contributed by atoms with Crippen molar-refractivity contribution in [2.45, 2.75) is 31.7 Å². The summed E-state index contributed by atoms with van der Waals surface area (Å²) in [4.78, 5) is 31.1. The van der Waals surface area contributed by atoms with Crippen LogP contribution < -0.4 is 10.1 Å². The third-order valence-corrected chi connectivity index (χ3v) is 6.27. The molecule has 31 heavy (non-hydrogen) atoms. The van der Waals surface area contributed by atoms with Gasteiger partial charge in [0, 0.05) is 25.2 Å². The van der Waals surface area contributed by atoms with E-state index in [4.69, 9.17) is 27.9 Å². The molecular weight excluding hydrogens is 437 g/mol. The molecule has 0 spiro atoms. The van der Waals surface area contributed by atoms with E-state index in [1.165, 1.54) is 6.08 Å². The number of carbonyl (C=O) groups is 2. The second-order valence-electron chi connectivity index (χ2n) is 7.71. The van der Waals surface area contributed by atoms with E-state index in [1.807, 2.05) is 6.07 Å². The molecule has 0 aliphatic carbocycles. The molecule has 3 heterocycles. The molecule has 2 aliphatic rings. The normalized spacial score (nSPS) is 16.6. The fraction of sp³-hybridized carbons (Fsp3) is 0.348. The van der Waals surface area contributed by atoms with Crippen molar-refractivity contribution in [1.82, 2.24) is 15.2 Å². The average Bonchev–Trinajstić information content (AvgIpc) is 2.79. The fourth-order valence-corrected chi connectivity index (χ4v) is 4.08. The van der Waals surface area contributed by atoms with Crippen molar-refractivity contribution < 1.29 is 14.3 Å². The SMILES string of the molecule is O=C(NC1CCN(C(=O)/C=C/c2ccc(Cl)c(Cl)c2)CC1)c1cc2c(cn1)OCCC2. The van der Waals surface area contributed by atoms with Crippen LogP contribution in [0.3, 0.4) is 0 Å². The fourth-order valence-electron chi connectivity index (χ4n) is 3.77. The van der Waals surface area contributed by atoms with Gasteiger partial charge in [-0.05, 0) is 61.1 Å². The van der Waals surface area contributed by atoms with Crippen molar-refractivity contribution >= 4 is 41.1 Å². The summed E-state index contributed by atoms with van der Waals surface area (Å²) in [6.07, 6.45) is 8.14. The van der Waals surface area contributed by atoms with Gasteiger partial charge >= 0.3 is 0 Å². The van der Waals surface area contributed by atoms with Crippen LogP contribution in [0.5, 0.6) is 5.75 Å². The van der Waals surface area contributed by atoms with Crippen molar-refractivity contribution in [3.05, 3.63) is 63.4 Å². The van der Waals surface area contributed by atoms with Gasteiger partial charge in [0.2, 0.25) is 5.91 Å². The minimum Gasteiger partial charge on any atom is -0.492 e. The Morgan fingerprint density at radius 2 is 1.97 bits per heavy atom. The Labute approximate surface area is 191 Å². The number of hydrogen-bond acceptors (Lipinski definition) is 4. The number of rotatable bonds is 4. The summed E-state index contributed by atoms with van der Waals surface area (Å²) in [6, 6.07) is 7.06. The molecule has 1 N–H and O–H groups in total. The minimum atomic E-state index is -0.183. The van der Waals surface area contributed by atoms with Gasteiger partial charge in [-0.15, -0.1) is 0 Å². The van der Waals surface area contributed by atoms with Gasteiger partial charge in [0.15, 0.2) is 0 Å². The zero-order valence-corrected chi connectivity index (χ0v) is 18.5. The lowest BCUT2D eigenvalue weighted by molar-refractivity contribution is -0.126. The predicted molar refractivity (Wildman–Crippen MR) is 121 cm³/mol. The van der Waals surface area contributed by atoms with E-state index in [0.717, 1.165) is 29.7 Å². The summed E-state index contributed by atoms with van der Waals surface area (Å²) in [5.74, 6) is 0.522. The predicted octanol–water partition coefficient (Wildman–Crippen LogP) is 4.15. The average molecular weight is 460 g/mol. The number of fused-ring (bicyclic) bond motifs is 1. The highest BCUT2D eigenvalue weighted by molar-refractivity contribution is 6.42. The Bertz CT molecular complexity index is 1020. The molecule has 2 aliphatic heterocycles. The maximum atomic E-state index is 12.6. The third-order valence-electron chi connectivity index (χ3n) is 5.53. The number of nitrogens with one attached hydrogen (secondary N) is 1. The number of nitrogens with zero attached hydrogens (tertiary/aromatic N) is 2. The molecule has 2 aromatic rings. The van der Waals surface area contributed by atoms with Crippen LogP contribution in [0, 0.1) is 0 Å². The standard InChI is InChI=1S/C23H23Cl2N3O3/c24-18-5-3-15(12-19(18)25)4-6-22(29)28-9-7-17(8-10-28)27-23(30)20-13-16-2-1-11-31-21(16)14-26-20/h3-6,12-14,17H,1-2,7-11H2,(H,27,30)/b6-4+. The molecule has 1 fully saturated rings. The van der Waals surface area contributed by atoms with Gasteiger partial charge in [0.05, 0.1) is 22.8 Å². The lowest BCUT2D eigenvalue weighted by atomic mass is 10.0. The highest BCUT2D eigenvalue weighted by Crippen LogP contribution is 2.25. The van der Waals surface area contributed by atoms with E-state index < -0.39 is 0 Å². The molecule has 1 aromatic carbocycles. The smallest absolute Gasteiger partial charge is 0.270 e. The van der Waals surface area contributed by atoms with Gasteiger partial charge in [0.25, 0.3) is 5.91 Å². The molecule has 0 saturated carbocycles. The van der Waals surface area contributed by atoms with Crippen LogP contribution in [0.4, 0.5) is 0 Å². The van der Waals surface area contributed by atoms with Gasteiger partial charge in [-0.3, -0.25) is 9.59 Å². The van der Waals surface area contributed by atoms with Crippen LogP contribution in [0.15, 0.2) is 36.5 Å². The van der Waals surface area contributed by atoms with E-state index in [-0.39, 0.29) is 17.9 Å². The first kappa shape index (κ1) is 21.7. The molecule has 162 valence electrons. The van der Waals surface area contributed by atoms with E-state index in [2.05, 4.69) is 10.3 Å². The zero-order chi connectivity index (χ0) is 21.8. The molecule has 2 amide bonds. The van der Waals surface area contributed by atoms with Gasteiger partial charge in [-0.25, -0.2) is 4.98 Å². The number of hydrogen-bond donors (Lipinski definition) is 1. The highest BCUT2D eigenvalue weighted by atomic mass is 35.5. The Morgan fingerprint density at radius 3 is 2.74 bits per heavy atom. The second kappa shape index (κ2) is 9.71. The topological polar surface area (TPSA) is 71.5 Å². The highest BCUT2D eigenvalue weighted by Gasteiger charge is 2.24. The first-order valence-electron chi connectivity index (χ1n) is 10.3. The first-order valence-corrected chi connectivity index (χ1v) is 11.1. The lowest BCUT2D eigenvalue weighted by Crippen LogP contribution is -2.46. The number of benzene rings is 1. The van der Waals surface area contributed by atoms with E-state index in [9.17, 15) is 9.59 Å². The number of piperidine rings is 1. The minimum absolute atomic E-state index is 0.0182. The van der Waals surface area contributed by atoms with Crippen LogP contribution in [0.2, 0.25) is 10.0 Å². The zero-order valence-electron chi connectivity index (χ0n) is 16.9. The number of aromatic nitrogens is 1. The van der Waals surface area contributed by atoms with E-state index >= 15 is 0 Å². The van der Waals surface area contributed by atoms with Gasteiger partial charge < -0.3 is 15.0 Å². The second-order valence-corrected chi connectivity index (χ2v) is 8.52. The molecule has 0 radical (unpaired) electrons. The molecule has 6 nitrogen and oxygen atoms in total. The Hall–Kier alpha value is -2.57. The van der Waals surface area contributed by atoms with E-state index in [1.54, 1.807) is 35.4 Å². The van der Waals surface area contributed by atoms with Crippen molar-refractivity contribution in [3.63, 3.8) is 0 Å². The van der Waals surface area contributed by atoms with Gasteiger partial charge in [0.1, 0.15) is 11.4 Å². The number of aryl methyl sites for hydroxylation is 1. The van der Waals surface area contributed by atoms with Crippen LogP contribution in [0.1, 0.15) is 40.9 Å². The van der Waals surface area contributed by atoms with Crippen molar-refractivity contribution in [1.29, 1.82) is 0 Å². The number of amides is 2. The summed E-state index contributed by atoms with van der Waals surface area (Å²) < 4.78 is 5.55. The number of pyridine rings is 1. The molecule has 0 unspecified atom stereocenters. The maximum absolute atomic E-state index is 12.6. The number of ether oxygens (including phenoxy) is 1. The van der Waals surface area contributed by atoms with Crippen molar-refractivity contribution in [3.8, 4) is 5.75 Å². The summed E-state index contributed by atoms with van der Waals surface area (Å²) in [5, 5.41) is 3.98. The van der Waals surface area contributed by atoms with Gasteiger partial charge in [-0.2, -0.15) is 0 Å². The molecular formula is C23H23Cl2N3O3. The number of likely N-dealkylation sites (tertiary alicyclic amines) is 1. The molecule has 8 heteroatoms. The largest absolute Gasteiger partial charge is 0.492 e. The Kier molecular flexibility index (Phi) is 6.78. The first-order chi connectivity index (χ1) is 15.0. The van der Waals surface area contributed by atoms with Crippen LogP contribution in [-0.2, 0) is 11.2 Å². The summed E-state index contributed by atoms with van der Waals surface area (Å²) in [5.41, 5.74) is 2.25. The van der Waals surface area contributed by atoms with Crippen molar-refractivity contribution in [2.24, 2.45) is 0 Å². The molecule has 0 bridgehead atoms. The monoisotopic (exact) mass is 459 g/mol. The van der Waals surface area contributed by atoms with Crippen LogP contribution in [-0.4, -0.2) is 47.4 Å². The summed E-state index contributed by atoms with van der Waals surface area (Å²) >= 11 is 11.9. The maximum Gasteiger partial charge on any atom is 0.270 e. The van der Waals surface area contributed by atoms with Crippen molar-refractivity contribution in [2.75, 3.05) is 19.7 Å². The number of carbonyl (C=O) groups excluding carboxylic acids is 2. The molecule has 4 rings (SSSR count). The quantitative estimate of drug-likeness (QED) is 0.697. The molecule has 1 aromatic heterocycles. The molecule has 1 saturated heterocycles.